The van der Waals surface area contributed by atoms with Gasteiger partial charge in [-0.2, -0.15) is 0 Å². The number of carboxylic acids is 1. The molecule has 9 unspecified atom stereocenters. The average molecular weight is 622 g/mol. The summed E-state index contributed by atoms with van der Waals surface area (Å²) in [4.78, 5) is 11.9. The monoisotopic (exact) mass is 621 g/mol. The van der Waals surface area contributed by atoms with Crippen LogP contribution >= 0.6 is 0 Å². The van der Waals surface area contributed by atoms with E-state index >= 15 is 0 Å². The molecule has 45 heavy (non-hydrogen) atoms. The number of carbonyl (C=O) groups is 1. The summed E-state index contributed by atoms with van der Waals surface area (Å²) in [5.74, 6) is 2.98. The fraction of sp³-hybridized carbons (Fsp3) is 0.875. The number of aliphatic hydroxyl groups is 1. The maximum atomic E-state index is 11.9. The molecule has 10 atom stereocenters. The summed E-state index contributed by atoms with van der Waals surface area (Å²) in [6.45, 7) is 14.9. The highest BCUT2D eigenvalue weighted by molar-refractivity contribution is 5.74. The maximum absolute atomic E-state index is 11.9. The number of hydrogen-bond acceptors (Lipinski definition) is 4. The molecule has 7 rings (SSSR count). The van der Waals surface area contributed by atoms with Crippen molar-refractivity contribution < 1.29 is 19.7 Å². The topological polar surface area (TPSA) is 78.8 Å². The Morgan fingerprint density at radius 3 is 2.36 bits per heavy atom. The van der Waals surface area contributed by atoms with Crippen molar-refractivity contribution >= 4 is 5.97 Å². The molecule has 6 aliphatic carbocycles. The molecule has 252 valence electrons. The highest BCUT2D eigenvalue weighted by Crippen LogP contribution is 2.75. The lowest BCUT2D eigenvalue weighted by molar-refractivity contribution is -0.212. The Balaban J connectivity index is 1.09. The Kier molecular flexibility index (Phi) is 8.05. The molecule has 0 aromatic rings. The number of hydrogen-bond donors (Lipinski definition) is 3. The van der Waals surface area contributed by atoms with Crippen molar-refractivity contribution in [3.63, 3.8) is 0 Å². The first kappa shape index (κ1) is 32.4. The summed E-state index contributed by atoms with van der Waals surface area (Å²) in [6, 6.07) is 0. The quantitative estimate of drug-likeness (QED) is 0.277. The zero-order chi connectivity index (χ0) is 31.9. The van der Waals surface area contributed by atoms with Gasteiger partial charge in [0.05, 0.1) is 11.0 Å². The fourth-order valence-electron chi connectivity index (χ4n) is 13.5. The third-order valence-electron chi connectivity index (χ3n) is 16.7. The van der Waals surface area contributed by atoms with Crippen molar-refractivity contribution in [3.05, 3.63) is 23.3 Å². The Labute approximate surface area is 273 Å². The van der Waals surface area contributed by atoms with E-state index in [9.17, 15) is 15.0 Å². The van der Waals surface area contributed by atoms with Crippen molar-refractivity contribution in [2.75, 3.05) is 19.8 Å². The first-order chi connectivity index (χ1) is 21.3. The molecule has 0 bridgehead atoms. The van der Waals surface area contributed by atoms with E-state index in [-0.39, 0.29) is 5.54 Å². The number of nitrogens with one attached hydrogen (secondary N) is 1. The van der Waals surface area contributed by atoms with Crippen molar-refractivity contribution in [1.29, 1.82) is 0 Å². The van der Waals surface area contributed by atoms with Gasteiger partial charge in [0.25, 0.3) is 0 Å². The second kappa shape index (κ2) is 11.2. The van der Waals surface area contributed by atoms with Crippen LogP contribution in [0.4, 0.5) is 0 Å². The smallest absolute Gasteiger partial charge is 0.309 e. The van der Waals surface area contributed by atoms with Crippen LogP contribution in [-0.4, -0.2) is 47.1 Å². The van der Waals surface area contributed by atoms with E-state index in [0.29, 0.717) is 41.8 Å². The second-order valence-electron chi connectivity index (χ2n) is 18.3. The third kappa shape index (κ3) is 4.89. The van der Waals surface area contributed by atoms with Crippen LogP contribution in [-0.2, 0) is 9.53 Å². The van der Waals surface area contributed by atoms with E-state index in [2.05, 4.69) is 45.2 Å². The summed E-state index contributed by atoms with van der Waals surface area (Å²) in [7, 11) is 0. The van der Waals surface area contributed by atoms with Crippen molar-refractivity contribution in [2.24, 2.45) is 51.2 Å². The number of allylic oxidation sites excluding steroid dienone is 4. The van der Waals surface area contributed by atoms with E-state index < -0.39 is 17.0 Å². The van der Waals surface area contributed by atoms with Gasteiger partial charge < -0.3 is 20.3 Å². The zero-order valence-corrected chi connectivity index (χ0v) is 29.2. The average Bonchev–Trinajstić information content (AvgIpc) is 3.42. The van der Waals surface area contributed by atoms with Crippen molar-refractivity contribution in [1.82, 2.24) is 5.32 Å². The van der Waals surface area contributed by atoms with E-state index in [4.69, 9.17) is 4.74 Å². The van der Waals surface area contributed by atoms with Crippen LogP contribution in [0.3, 0.4) is 0 Å². The van der Waals surface area contributed by atoms with Gasteiger partial charge in [-0.15, -0.1) is 0 Å². The molecule has 1 heterocycles. The second-order valence-corrected chi connectivity index (χ2v) is 18.3. The molecule has 1 aliphatic heterocycles. The normalized spacial score (nSPS) is 49.1. The number of rotatable bonds is 6. The van der Waals surface area contributed by atoms with Crippen LogP contribution < -0.4 is 5.32 Å². The maximum Gasteiger partial charge on any atom is 0.309 e. The predicted octanol–water partition coefficient (Wildman–Crippen LogP) is 8.46. The molecule has 5 fully saturated rings. The van der Waals surface area contributed by atoms with E-state index in [1.165, 1.54) is 69.8 Å². The first-order valence-corrected chi connectivity index (χ1v) is 19.0. The Hall–Kier alpha value is -1.17. The zero-order valence-electron chi connectivity index (χ0n) is 29.2. The summed E-state index contributed by atoms with van der Waals surface area (Å²) < 4.78 is 5.54. The van der Waals surface area contributed by atoms with Gasteiger partial charge in [-0.25, -0.2) is 0 Å². The molecule has 0 amide bonds. The summed E-state index contributed by atoms with van der Waals surface area (Å²) >= 11 is 0. The van der Waals surface area contributed by atoms with Gasteiger partial charge in [0.1, 0.15) is 0 Å². The lowest BCUT2D eigenvalue weighted by Crippen LogP contribution is -2.67. The minimum atomic E-state index is -0.645. The first-order valence-electron chi connectivity index (χ1n) is 19.0. The van der Waals surface area contributed by atoms with Crippen LogP contribution in [0.25, 0.3) is 0 Å². The third-order valence-corrected chi connectivity index (χ3v) is 16.7. The van der Waals surface area contributed by atoms with Crippen LogP contribution in [0.15, 0.2) is 23.3 Å². The Morgan fingerprint density at radius 1 is 0.867 bits per heavy atom. The molecule has 0 aromatic carbocycles. The van der Waals surface area contributed by atoms with Gasteiger partial charge in [0.15, 0.2) is 0 Å². The van der Waals surface area contributed by atoms with Crippen molar-refractivity contribution in [2.45, 2.75) is 148 Å². The van der Waals surface area contributed by atoms with Gasteiger partial charge in [-0.1, -0.05) is 46.3 Å². The van der Waals surface area contributed by atoms with Crippen LogP contribution in [0.1, 0.15) is 137 Å². The van der Waals surface area contributed by atoms with Crippen LogP contribution in [0, 0.1) is 51.2 Å². The molecule has 7 aliphatic rings. The summed E-state index contributed by atoms with van der Waals surface area (Å²) in [5, 5.41) is 25.1. The van der Waals surface area contributed by atoms with Gasteiger partial charge in [0.2, 0.25) is 0 Å². The molecule has 0 aromatic heterocycles. The number of fused-ring (bicyclic) bond motifs is 7. The molecule has 4 saturated carbocycles. The SMILES string of the molecule is CC1C(C2=CCC(C)(C(=O)O)CC2)=CCC2(C)C1CCC1(C)C2CCC2C3CCCC3(NCCC3(O)CCOCC3)CC[C@]21C. The standard InChI is InChI=1S/C40H63NO4/c1-27-29(28-10-15-35(2,16-11-28)34(42)43)12-17-36(3)30(27)13-18-38(5)33(36)9-8-31-32-7-6-14-40(32,20-19-37(31,38)4)41-24-21-39(44)22-25-45-26-23-39/h10,12,27,30-33,41,44H,6-9,11,13-26H2,1-5H3,(H,42,43)/t27?,30?,31?,32?,33?,35?,36?,37-,38?,40?/m1/s1. The van der Waals surface area contributed by atoms with Crippen molar-refractivity contribution in [3.8, 4) is 0 Å². The Bertz CT molecular complexity index is 1230. The largest absolute Gasteiger partial charge is 0.481 e. The lowest BCUT2D eigenvalue weighted by Gasteiger charge is -2.71. The van der Waals surface area contributed by atoms with Gasteiger partial charge >= 0.3 is 5.97 Å². The van der Waals surface area contributed by atoms with Crippen LogP contribution in [0.2, 0.25) is 0 Å². The highest BCUT2D eigenvalue weighted by atomic mass is 16.5. The minimum Gasteiger partial charge on any atom is -0.481 e. The van der Waals surface area contributed by atoms with Crippen LogP contribution in [0.5, 0.6) is 0 Å². The number of carboxylic acid groups (broad SMARTS) is 1. The van der Waals surface area contributed by atoms with Gasteiger partial charge in [-0.05, 0) is 167 Å². The van der Waals surface area contributed by atoms with E-state index in [1.807, 2.05) is 6.92 Å². The summed E-state index contributed by atoms with van der Waals surface area (Å²) in [6.07, 6.45) is 23.0. The molecule has 0 radical (unpaired) electrons. The molecule has 0 spiro atoms. The fourth-order valence-corrected chi connectivity index (χ4v) is 13.5. The minimum absolute atomic E-state index is 0.275. The molecule has 5 heteroatoms. The molecule has 3 N–H and O–H groups in total. The molecular formula is C40H63NO4. The predicted molar refractivity (Wildman–Crippen MR) is 180 cm³/mol. The highest BCUT2D eigenvalue weighted by Gasteiger charge is 2.68. The van der Waals surface area contributed by atoms with Gasteiger partial charge in [0, 0.05) is 18.8 Å². The number of aliphatic carboxylic acids is 1. The molecule has 5 nitrogen and oxygen atoms in total. The Morgan fingerprint density at radius 2 is 1.64 bits per heavy atom. The summed E-state index contributed by atoms with van der Waals surface area (Å²) in [5.41, 5.74) is 3.25. The lowest BCUT2D eigenvalue weighted by atomic mass is 9.34. The number of ether oxygens (including phenoxy) is 1. The van der Waals surface area contributed by atoms with Gasteiger partial charge in [-0.3, -0.25) is 4.79 Å². The van der Waals surface area contributed by atoms with E-state index in [1.54, 1.807) is 5.57 Å². The molecule has 1 saturated heterocycles. The molecular weight excluding hydrogens is 558 g/mol. The van der Waals surface area contributed by atoms with E-state index in [0.717, 1.165) is 62.3 Å².